The smallest absolute Gasteiger partial charge is 0.262 e. The summed E-state index contributed by atoms with van der Waals surface area (Å²) in [5.41, 5.74) is 0.339. The van der Waals surface area contributed by atoms with Gasteiger partial charge in [-0.2, -0.15) is 0 Å². The fourth-order valence-corrected chi connectivity index (χ4v) is 4.74. The minimum atomic E-state index is -3.69. The molecule has 0 bridgehead atoms. The quantitative estimate of drug-likeness (QED) is 0.860. The van der Waals surface area contributed by atoms with Crippen LogP contribution in [-0.4, -0.2) is 50.1 Å². The Bertz CT molecular complexity index is 821. The van der Waals surface area contributed by atoms with E-state index >= 15 is 0 Å². The topological polar surface area (TPSA) is 92.8 Å². The number of hydrogen-bond acceptors (Lipinski definition) is 5. The second kappa shape index (κ2) is 7.26. The maximum Gasteiger partial charge on any atom is 0.262 e. The van der Waals surface area contributed by atoms with Gasteiger partial charge in [-0.25, -0.2) is 8.42 Å². The maximum atomic E-state index is 12.9. The second-order valence-electron chi connectivity index (χ2n) is 7.14. The molecule has 0 aliphatic carbocycles. The molecule has 2 amide bonds. The van der Waals surface area contributed by atoms with E-state index in [0.29, 0.717) is 30.4 Å². The van der Waals surface area contributed by atoms with Gasteiger partial charge in [-0.15, -0.1) is 0 Å². The number of benzene rings is 1. The molecule has 1 N–H and O–H groups in total. The fraction of sp³-hybridized carbons (Fsp3) is 0.556. The average molecular weight is 380 g/mol. The highest BCUT2D eigenvalue weighted by molar-refractivity contribution is 7.92. The van der Waals surface area contributed by atoms with E-state index in [2.05, 4.69) is 12.2 Å². The first-order valence-electron chi connectivity index (χ1n) is 8.85. The first kappa shape index (κ1) is 18.7. The second-order valence-corrected chi connectivity index (χ2v) is 9.51. The lowest BCUT2D eigenvalue weighted by atomic mass is 10.00. The summed E-state index contributed by atoms with van der Waals surface area (Å²) in [6, 6.07) is 4.38. The number of likely N-dealkylation sites (tertiary alicyclic amines) is 1. The molecule has 8 heteroatoms. The van der Waals surface area contributed by atoms with Crippen molar-refractivity contribution in [3.05, 3.63) is 18.2 Å². The van der Waals surface area contributed by atoms with Crippen molar-refractivity contribution in [3.63, 3.8) is 0 Å². The molecule has 0 radical (unpaired) electrons. The van der Waals surface area contributed by atoms with Crippen molar-refractivity contribution in [1.82, 2.24) is 4.90 Å². The van der Waals surface area contributed by atoms with Crippen LogP contribution in [-0.2, 0) is 19.4 Å². The van der Waals surface area contributed by atoms with Crippen molar-refractivity contribution in [1.29, 1.82) is 0 Å². The number of fused-ring (bicyclic) bond motifs is 1. The molecular weight excluding hydrogens is 356 g/mol. The molecule has 2 aliphatic heterocycles. The van der Waals surface area contributed by atoms with Crippen LogP contribution in [0.5, 0.6) is 5.75 Å². The van der Waals surface area contributed by atoms with Crippen molar-refractivity contribution in [3.8, 4) is 5.75 Å². The van der Waals surface area contributed by atoms with Crippen LogP contribution in [0.3, 0.4) is 0 Å². The van der Waals surface area contributed by atoms with Crippen LogP contribution in [0.25, 0.3) is 0 Å². The average Bonchev–Trinajstić information content (AvgIpc) is 2.60. The van der Waals surface area contributed by atoms with Gasteiger partial charge in [0.25, 0.3) is 5.91 Å². The summed E-state index contributed by atoms with van der Waals surface area (Å²) in [6.07, 6.45) is 2.01. The lowest BCUT2D eigenvalue weighted by molar-refractivity contribution is -0.132. The molecule has 0 unspecified atom stereocenters. The predicted molar refractivity (Wildman–Crippen MR) is 96.8 cm³/mol. The summed E-state index contributed by atoms with van der Waals surface area (Å²) in [7, 11) is -3.69. The number of carbonyl (C=O) groups excluding carboxylic acids is 2. The van der Waals surface area contributed by atoms with Crippen molar-refractivity contribution >= 4 is 27.3 Å². The van der Waals surface area contributed by atoms with E-state index in [4.69, 9.17) is 4.74 Å². The van der Waals surface area contributed by atoms with E-state index < -0.39 is 15.1 Å². The first-order valence-corrected chi connectivity index (χ1v) is 10.4. The number of piperidine rings is 1. The largest absolute Gasteiger partial charge is 0.482 e. The molecule has 0 aromatic heterocycles. The standard InChI is InChI=1S/C18H24N2O5S/c1-12-4-3-7-20(10-12)18(22)8-13(2)26(23,24)14-5-6-16-15(9-14)19-17(21)11-25-16/h5-6,9,12-13H,3-4,7-8,10-11H2,1-2H3,(H,19,21)/t12-,13-/m0/s1. The molecule has 1 aromatic rings. The summed E-state index contributed by atoms with van der Waals surface area (Å²) in [6.45, 7) is 4.95. The molecule has 0 saturated carbocycles. The Labute approximate surface area is 153 Å². The highest BCUT2D eigenvalue weighted by atomic mass is 32.2. The van der Waals surface area contributed by atoms with Gasteiger partial charge in [0.15, 0.2) is 16.4 Å². The molecular formula is C18H24N2O5S. The van der Waals surface area contributed by atoms with E-state index in [1.165, 1.54) is 18.2 Å². The van der Waals surface area contributed by atoms with Crippen LogP contribution < -0.4 is 10.1 Å². The monoisotopic (exact) mass is 380 g/mol. The van der Waals surface area contributed by atoms with Crippen molar-refractivity contribution in [2.75, 3.05) is 25.0 Å². The number of rotatable bonds is 4. The Morgan fingerprint density at radius 2 is 2.19 bits per heavy atom. The molecule has 26 heavy (non-hydrogen) atoms. The highest BCUT2D eigenvalue weighted by Crippen LogP contribution is 2.32. The third-order valence-electron chi connectivity index (χ3n) is 4.91. The fourth-order valence-electron chi connectivity index (χ4n) is 3.37. The summed E-state index contributed by atoms with van der Waals surface area (Å²) in [4.78, 5) is 25.8. The van der Waals surface area contributed by atoms with E-state index in [1.54, 1.807) is 11.8 Å². The summed E-state index contributed by atoms with van der Waals surface area (Å²) in [5, 5.41) is 1.76. The van der Waals surface area contributed by atoms with Crippen LogP contribution >= 0.6 is 0 Å². The molecule has 2 atom stereocenters. The first-order chi connectivity index (χ1) is 12.3. The van der Waals surface area contributed by atoms with Crippen LogP contribution in [0, 0.1) is 5.92 Å². The molecule has 0 spiro atoms. The van der Waals surface area contributed by atoms with Gasteiger partial charge in [-0.3, -0.25) is 9.59 Å². The van der Waals surface area contributed by atoms with Crippen molar-refractivity contribution in [2.45, 2.75) is 43.3 Å². The molecule has 2 aliphatic rings. The lowest BCUT2D eigenvalue weighted by Gasteiger charge is -2.31. The Balaban J connectivity index is 1.74. The lowest BCUT2D eigenvalue weighted by Crippen LogP contribution is -2.41. The Morgan fingerprint density at radius 1 is 1.42 bits per heavy atom. The number of nitrogens with one attached hydrogen (secondary N) is 1. The molecule has 1 aromatic carbocycles. The summed E-state index contributed by atoms with van der Waals surface area (Å²) < 4.78 is 31.0. The van der Waals surface area contributed by atoms with Gasteiger partial charge in [0.05, 0.1) is 15.8 Å². The van der Waals surface area contributed by atoms with Gasteiger partial charge in [0.1, 0.15) is 5.75 Å². The summed E-state index contributed by atoms with van der Waals surface area (Å²) >= 11 is 0. The zero-order valence-electron chi connectivity index (χ0n) is 15.0. The Morgan fingerprint density at radius 3 is 2.92 bits per heavy atom. The third kappa shape index (κ3) is 3.85. The number of nitrogens with zero attached hydrogens (tertiary/aromatic N) is 1. The van der Waals surface area contributed by atoms with Crippen LogP contribution in [0.4, 0.5) is 5.69 Å². The molecule has 2 heterocycles. The minimum Gasteiger partial charge on any atom is -0.482 e. The van der Waals surface area contributed by atoms with Crippen LogP contribution in [0.1, 0.15) is 33.1 Å². The number of hydrogen-bond donors (Lipinski definition) is 1. The number of sulfone groups is 1. The van der Waals surface area contributed by atoms with Gasteiger partial charge in [-0.1, -0.05) is 6.92 Å². The normalized spacial score (nSPS) is 21.4. The Kier molecular flexibility index (Phi) is 5.22. The molecule has 1 fully saturated rings. The van der Waals surface area contributed by atoms with Gasteiger partial charge in [-0.05, 0) is 43.9 Å². The van der Waals surface area contributed by atoms with Crippen LogP contribution in [0.15, 0.2) is 23.1 Å². The third-order valence-corrected chi connectivity index (χ3v) is 7.05. The molecule has 7 nitrogen and oxygen atoms in total. The Hall–Kier alpha value is -2.09. The minimum absolute atomic E-state index is 0.0466. The van der Waals surface area contributed by atoms with Crippen LogP contribution in [0.2, 0.25) is 0 Å². The maximum absolute atomic E-state index is 12.9. The summed E-state index contributed by atoms with van der Waals surface area (Å²) in [5.74, 6) is 0.440. The molecule has 142 valence electrons. The van der Waals surface area contributed by atoms with E-state index in [9.17, 15) is 18.0 Å². The van der Waals surface area contributed by atoms with Gasteiger partial charge in [0.2, 0.25) is 5.91 Å². The number of amides is 2. The SMILES string of the molecule is C[C@H]1CCCN(C(=O)C[C@H](C)S(=O)(=O)c2ccc3c(c2)NC(=O)CO3)C1. The van der Waals surface area contributed by atoms with E-state index in [1.807, 2.05) is 0 Å². The van der Waals surface area contributed by atoms with Crippen molar-refractivity contribution in [2.24, 2.45) is 5.92 Å². The molecule has 3 rings (SSSR count). The number of ether oxygens (including phenoxy) is 1. The van der Waals surface area contributed by atoms with Crippen molar-refractivity contribution < 1.29 is 22.7 Å². The van der Waals surface area contributed by atoms with E-state index in [0.717, 1.165) is 12.8 Å². The predicted octanol–water partition coefficient (Wildman–Crippen LogP) is 1.83. The number of anilines is 1. The van der Waals surface area contributed by atoms with Gasteiger partial charge >= 0.3 is 0 Å². The van der Waals surface area contributed by atoms with Gasteiger partial charge in [0, 0.05) is 19.5 Å². The van der Waals surface area contributed by atoms with E-state index in [-0.39, 0.29) is 29.7 Å². The zero-order chi connectivity index (χ0) is 18.9. The number of carbonyl (C=O) groups is 2. The molecule has 1 saturated heterocycles. The zero-order valence-corrected chi connectivity index (χ0v) is 15.8. The highest BCUT2D eigenvalue weighted by Gasteiger charge is 2.30. The van der Waals surface area contributed by atoms with Gasteiger partial charge < -0.3 is 15.0 Å².